The number of para-hydroxylation sites is 1. The van der Waals surface area contributed by atoms with E-state index < -0.39 is 45.3 Å². The summed E-state index contributed by atoms with van der Waals surface area (Å²) < 4.78 is 34.1. The van der Waals surface area contributed by atoms with Gasteiger partial charge in [0.25, 0.3) is 5.69 Å². The zero-order valence-corrected chi connectivity index (χ0v) is 20.1. The number of nitrogen functional groups attached to an aromatic ring is 1. The Morgan fingerprint density at radius 1 is 1.24 bits per heavy atom. The Hall–Kier alpha value is -3.76. The number of ether oxygens (including phenoxy) is 1. The SMILES string of the molecule is Nc1ccnc2c1ncn2[C@@H]1O[C@H](CNS(=O)(=O)/C=C/CCC(=O)c2ccccc2[N+](=O)[O-])[C@@H](O)[C@H]1O. The summed E-state index contributed by atoms with van der Waals surface area (Å²) in [4.78, 5) is 31.0. The predicted octanol–water partition coefficient (Wildman–Crippen LogP) is 0.637. The molecule has 0 saturated carbocycles. The lowest BCUT2D eigenvalue weighted by Gasteiger charge is -2.16. The summed E-state index contributed by atoms with van der Waals surface area (Å²) in [5.41, 5.74) is 6.60. The molecule has 1 saturated heterocycles. The van der Waals surface area contributed by atoms with Crippen LogP contribution in [0.2, 0.25) is 0 Å². The number of nitro groups is 1. The number of anilines is 1. The summed E-state index contributed by atoms with van der Waals surface area (Å²) >= 11 is 0. The van der Waals surface area contributed by atoms with Gasteiger partial charge < -0.3 is 20.7 Å². The van der Waals surface area contributed by atoms with E-state index in [1.165, 1.54) is 47.4 Å². The monoisotopic (exact) mass is 532 g/mol. The van der Waals surface area contributed by atoms with E-state index in [2.05, 4.69) is 14.7 Å². The summed E-state index contributed by atoms with van der Waals surface area (Å²) in [5.74, 6) is -0.493. The largest absolute Gasteiger partial charge is 0.397 e. The molecule has 1 fully saturated rings. The molecule has 5 N–H and O–H groups in total. The normalized spacial score (nSPS) is 22.1. The number of Topliss-reactive ketones (excluding diaryl/α,β-unsaturated/α-hetero) is 1. The highest BCUT2D eigenvalue weighted by Gasteiger charge is 2.44. The van der Waals surface area contributed by atoms with Crippen molar-refractivity contribution in [2.75, 3.05) is 12.3 Å². The van der Waals surface area contributed by atoms with Crippen molar-refractivity contribution < 1.29 is 33.1 Å². The van der Waals surface area contributed by atoms with Crippen LogP contribution in [0.15, 0.2) is 54.3 Å². The summed E-state index contributed by atoms with van der Waals surface area (Å²) in [5, 5.41) is 32.8. The molecule has 1 aromatic carbocycles. The van der Waals surface area contributed by atoms with Crippen molar-refractivity contribution in [2.24, 2.45) is 0 Å². The Bertz CT molecular complexity index is 1460. The fourth-order valence-electron chi connectivity index (χ4n) is 3.93. The second-order valence-electron chi connectivity index (χ2n) is 8.27. The van der Waals surface area contributed by atoms with Gasteiger partial charge in [0.05, 0.1) is 22.5 Å². The average molecular weight is 533 g/mol. The predicted molar refractivity (Wildman–Crippen MR) is 131 cm³/mol. The summed E-state index contributed by atoms with van der Waals surface area (Å²) in [6.45, 7) is -0.348. The first-order valence-corrected chi connectivity index (χ1v) is 12.6. The maximum Gasteiger partial charge on any atom is 0.280 e. The van der Waals surface area contributed by atoms with Crippen LogP contribution in [0.25, 0.3) is 11.2 Å². The standard InChI is InChI=1S/C22H24N6O8S/c23-14-8-9-24-21-18(14)25-12-27(21)22-20(31)19(30)17(36-22)11-26-37(34,35)10-4-3-7-16(29)13-5-1-2-6-15(13)28(32)33/h1-2,4-6,8-10,12,17,19-20,22,26,30-31H,3,7,11H2,(H2,23,24)/b10-4+/t17-,19-,20-,22-/m1/s1. The lowest BCUT2D eigenvalue weighted by molar-refractivity contribution is -0.385. The van der Waals surface area contributed by atoms with Crippen molar-refractivity contribution >= 4 is 38.3 Å². The number of hydrogen-bond acceptors (Lipinski definition) is 11. The van der Waals surface area contributed by atoms with Gasteiger partial charge in [-0.25, -0.2) is 23.1 Å². The molecule has 15 heteroatoms. The van der Waals surface area contributed by atoms with Crippen LogP contribution in [0.3, 0.4) is 0 Å². The first-order chi connectivity index (χ1) is 17.6. The number of sulfonamides is 1. The first-order valence-electron chi connectivity index (χ1n) is 11.1. The van der Waals surface area contributed by atoms with Gasteiger partial charge in [0.2, 0.25) is 10.0 Å². The molecule has 0 aliphatic carbocycles. The fraction of sp³-hybridized carbons (Fsp3) is 0.318. The van der Waals surface area contributed by atoms with Crippen LogP contribution in [0.1, 0.15) is 29.4 Å². The highest BCUT2D eigenvalue weighted by Crippen LogP contribution is 2.32. The summed E-state index contributed by atoms with van der Waals surface area (Å²) in [6, 6.07) is 7.08. The van der Waals surface area contributed by atoms with E-state index in [1.54, 1.807) is 6.07 Å². The van der Waals surface area contributed by atoms with Crippen LogP contribution in [-0.4, -0.2) is 68.7 Å². The molecule has 14 nitrogen and oxygen atoms in total. The molecule has 0 bridgehead atoms. The molecule has 4 atom stereocenters. The number of imidazole rings is 1. The maximum absolute atomic E-state index is 12.3. The molecular formula is C22H24N6O8S. The van der Waals surface area contributed by atoms with Gasteiger partial charge in [-0.3, -0.25) is 19.5 Å². The van der Waals surface area contributed by atoms with Crippen LogP contribution < -0.4 is 10.5 Å². The lowest BCUT2D eigenvalue weighted by Crippen LogP contribution is -2.39. The summed E-state index contributed by atoms with van der Waals surface area (Å²) in [7, 11) is -3.98. The number of ketones is 1. The molecule has 1 aliphatic rings. The lowest BCUT2D eigenvalue weighted by atomic mass is 10.0. The number of benzene rings is 1. The number of nitrogens with one attached hydrogen (secondary N) is 1. The minimum atomic E-state index is -3.98. The molecule has 3 heterocycles. The minimum absolute atomic E-state index is 0.0268. The van der Waals surface area contributed by atoms with Crippen LogP contribution in [-0.2, 0) is 14.8 Å². The third kappa shape index (κ3) is 5.65. The molecule has 2 aromatic heterocycles. The van der Waals surface area contributed by atoms with Crippen LogP contribution in [0.5, 0.6) is 0 Å². The number of carbonyl (C=O) groups excluding carboxylic acids is 1. The van der Waals surface area contributed by atoms with Gasteiger partial charge in [-0.05, 0) is 18.6 Å². The molecule has 0 radical (unpaired) electrons. The second-order valence-corrected chi connectivity index (χ2v) is 9.92. The Balaban J connectivity index is 1.33. The van der Waals surface area contributed by atoms with Gasteiger partial charge in [0.15, 0.2) is 17.7 Å². The molecule has 3 aromatic rings. The molecule has 0 amide bonds. The number of rotatable bonds is 10. The Kier molecular flexibility index (Phi) is 7.60. The molecule has 196 valence electrons. The Labute approximate surface area is 210 Å². The third-order valence-electron chi connectivity index (χ3n) is 5.80. The van der Waals surface area contributed by atoms with Crippen molar-refractivity contribution in [3.05, 3.63) is 70.0 Å². The zero-order valence-electron chi connectivity index (χ0n) is 19.2. The number of pyridine rings is 1. The zero-order chi connectivity index (χ0) is 26.7. The molecule has 1 aliphatic heterocycles. The van der Waals surface area contributed by atoms with Crippen molar-refractivity contribution in [2.45, 2.75) is 37.4 Å². The number of nitrogens with two attached hydrogens (primary N) is 1. The number of nitrogens with zero attached hydrogens (tertiary/aromatic N) is 4. The number of aliphatic hydroxyl groups excluding tert-OH is 2. The second kappa shape index (κ2) is 10.7. The fourth-order valence-corrected chi connectivity index (χ4v) is 4.81. The van der Waals surface area contributed by atoms with E-state index >= 15 is 0 Å². The van der Waals surface area contributed by atoms with Crippen molar-refractivity contribution in [3.8, 4) is 0 Å². The van der Waals surface area contributed by atoms with E-state index in [-0.39, 0.29) is 30.6 Å². The number of carbonyl (C=O) groups is 1. The maximum atomic E-state index is 12.3. The number of aromatic nitrogens is 3. The molecular weight excluding hydrogens is 508 g/mol. The third-order valence-corrected chi connectivity index (χ3v) is 6.92. The Morgan fingerprint density at radius 2 is 2.00 bits per heavy atom. The van der Waals surface area contributed by atoms with E-state index in [0.29, 0.717) is 16.9 Å². The molecule has 4 rings (SSSR count). The smallest absolute Gasteiger partial charge is 0.280 e. The average Bonchev–Trinajstić information content (AvgIpc) is 3.42. The van der Waals surface area contributed by atoms with Crippen molar-refractivity contribution in [1.82, 2.24) is 19.3 Å². The van der Waals surface area contributed by atoms with E-state index in [9.17, 15) is 33.5 Å². The van der Waals surface area contributed by atoms with Gasteiger partial charge in [-0.2, -0.15) is 0 Å². The van der Waals surface area contributed by atoms with Crippen LogP contribution in [0.4, 0.5) is 11.4 Å². The number of fused-ring (bicyclic) bond motifs is 1. The molecule has 0 spiro atoms. The van der Waals surface area contributed by atoms with Crippen molar-refractivity contribution in [1.29, 1.82) is 0 Å². The van der Waals surface area contributed by atoms with E-state index in [1.807, 2.05) is 0 Å². The number of nitro benzene ring substituents is 1. The van der Waals surface area contributed by atoms with Gasteiger partial charge in [-0.15, -0.1) is 0 Å². The first kappa shape index (κ1) is 26.3. The number of aliphatic hydroxyl groups is 2. The van der Waals surface area contributed by atoms with Crippen LogP contribution in [0, 0.1) is 10.1 Å². The molecule has 37 heavy (non-hydrogen) atoms. The number of allylic oxidation sites excluding steroid dienone is 1. The van der Waals surface area contributed by atoms with Crippen LogP contribution >= 0.6 is 0 Å². The highest BCUT2D eigenvalue weighted by atomic mass is 32.2. The number of hydrogen-bond donors (Lipinski definition) is 4. The van der Waals surface area contributed by atoms with Gasteiger partial charge in [0.1, 0.15) is 23.8 Å². The Morgan fingerprint density at radius 3 is 2.76 bits per heavy atom. The topological polar surface area (TPSA) is 213 Å². The quantitative estimate of drug-likeness (QED) is 0.161. The van der Waals surface area contributed by atoms with Gasteiger partial charge >= 0.3 is 0 Å². The van der Waals surface area contributed by atoms with Gasteiger partial charge in [0, 0.05) is 30.6 Å². The van der Waals surface area contributed by atoms with Crippen molar-refractivity contribution in [3.63, 3.8) is 0 Å². The van der Waals surface area contributed by atoms with Gasteiger partial charge in [-0.1, -0.05) is 18.2 Å². The minimum Gasteiger partial charge on any atom is -0.397 e. The highest BCUT2D eigenvalue weighted by molar-refractivity contribution is 7.92. The van der Waals surface area contributed by atoms with E-state index in [4.69, 9.17) is 10.5 Å². The summed E-state index contributed by atoms with van der Waals surface area (Å²) in [6.07, 6.45) is -1.00. The molecule has 0 unspecified atom stereocenters. The van der Waals surface area contributed by atoms with E-state index in [0.717, 1.165) is 5.41 Å².